The van der Waals surface area contributed by atoms with Crippen molar-refractivity contribution < 1.29 is 9.59 Å². The van der Waals surface area contributed by atoms with E-state index in [0.717, 1.165) is 6.42 Å². The Morgan fingerprint density at radius 1 is 1.25 bits per heavy atom. The zero-order valence-electron chi connectivity index (χ0n) is 13.0. The van der Waals surface area contributed by atoms with Crippen LogP contribution in [0.2, 0.25) is 10.0 Å². The van der Waals surface area contributed by atoms with E-state index in [1.54, 1.807) is 47.1 Å². The van der Waals surface area contributed by atoms with Crippen LogP contribution in [-0.4, -0.2) is 39.1 Å². The standard InChI is InChI=1S/C16H16Cl2N4O2/c1-21-6-4-14(20-21)19-15(23)13-3-2-5-22(13)16(24)10-7-11(17)9-12(18)8-10/h4,6-9,13H,2-3,5H2,1H3,(H,19,20,23)/t13-/m1/s1. The molecule has 6 nitrogen and oxygen atoms in total. The molecule has 0 unspecified atom stereocenters. The van der Waals surface area contributed by atoms with E-state index in [-0.39, 0.29) is 11.8 Å². The van der Waals surface area contributed by atoms with Gasteiger partial charge in [0.05, 0.1) is 0 Å². The van der Waals surface area contributed by atoms with Crippen LogP contribution in [0.1, 0.15) is 23.2 Å². The van der Waals surface area contributed by atoms with Crippen molar-refractivity contribution in [2.24, 2.45) is 7.05 Å². The van der Waals surface area contributed by atoms with Gasteiger partial charge in [-0.25, -0.2) is 0 Å². The third-order valence-corrected chi connectivity index (χ3v) is 4.33. The lowest BCUT2D eigenvalue weighted by molar-refractivity contribution is -0.119. The summed E-state index contributed by atoms with van der Waals surface area (Å²) in [6.45, 7) is 0.517. The Bertz CT molecular complexity index is 770. The Morgan fingerprint density at radius 3 is 2.58 bits per heavy atom. The number of aromatic nitrogens is 2. The highest BCUT2D eigenvalue weighted by Crippen LogP contribution is 2.25. The van der Waals surface area contributed by atoms with Gasteiger partial charge in [-0.1, -0.05) is 23.2 Å². The van der Waals surface area contributed by atoms with E-state index < -0.39 is 6.04 Å². The molecule has 1 N–H and O–H groups in total. The van der Waals surface area contributed by atoms with Crippen LogP contribution in [0.25, 0.3) is 0 Å². The number of anilines is 1. The van der Waals surface area contributed by atoms with Crippen molar-refractivity contribution in [1.29, 1.82) is 0 Å². The van der Waals surface area contributed by atoms with Gasteiger partial charge in [-0.15, -0.1) is 0 Å². The molecular formula is C16H16Cl2N4O2. The predicted molar refractivity (Wildman–Crippen MR) is 92.4 cm³/mol. The maximum absolute atomic E-state index is 12.7. The first-order valence-electron chi connectivity index (χ1n) is 7.51. The van der Waals surface area contributed by atoms with Crippen molar-refractivity contribution in [3.63, 3.8) is 0 Å². The molecule has 1 fully saturated rings. The van der Waals surface area contributed by atoms with Gasteiger partial charge in [0.2, 0.25) is 5.91 Å². The van der Waals surface area contributed by atoms with Gasteiger partial charge in [0, 0.05) is 41.5 Å². The summed E-state index contributed by atoms with van der Waals surface area (Å²) in [5.74, 6) is -0.0293. The first-order chi connectivity index (χ1) is 11.4. The van der Waals surface area contributed by atoms with E-state index in [1.165, 1.54) is 0 Å². The highest BCUT2D eigenvalue weighted by atomic mass is 35.5. The van der Waals surface area contributed by atoms with Crippen molar-refractivity contribution in [3.05, 3.63) is 46.1 Å². The topological polar surface area (TPSA) is 67.2 Å². The number of hydrogen-bond donors (Lipinski definition) is 1. The van der Waals surface area contributed by atoms with Gasteiger partial charge >= 0.3 is 0 Å². The molecule has 1 atom stereocenters. The number of benzene rings is 1. The third-order valence-electron chi connectivity index (χ3n) is 3.89. The minimum absolute atomic E-state index is 0.243. The molecule has 24 heavy (non-hydrogen) atoms. The molecule has 1 saturated heterocycles. The van der Waals surface area contributed by atoms with Crippen LogP contribution in [-0.2, 0) is 11.8 Å². The fraction of sp³-hybridized carbons (Fsp3) is 0.312. The van der Waals surface area contributed by atoms with E-state index in [1.807, 2.05) is 0 Å². The number of rotatable bonds is 3. The second kappa shape index (κ2) is 6.83. The molecule has 2 heterocycles. The summed E-state index contributed by atoms with van der Waals surface area (Å²) < 4.78 is 1.60. The van der Waals surface area contributed by atoms with Gasteiger partial charge in [0.15, 0.2) is 5.82 Å². The molecule has 3 rings (SSSR count). The molecule has 1 aromatic heterocycles. The van der Waals surface area contributed by atoms with Crippen LogP contribution in [0.5, 0.6) is 0 Å². The normalized spacial score (nSPS) is 17.1. The molecule has 2 amide bonds. The molecule has 0 spiro atoms. The summed E-state index contributed by atoms with van der Waals surface area (Å²) in [7, 11) is 1.77. The summed E-state index contributed by atoms with van der Waals surface area (Å²) in [6, 6.07) is 5.85. The molecule has 0 bridgehead atoms. The maximum atomic E-state index is 12.7. The summed E-state index contributed by atoms with van der Waals surface area (Å²) in [4.78, 5) is 26.8. The van der Waals surface area contributed by atoms with Gasteiger partial charge < -0.3 is 10.2 Å². The summed E-state index contributed by atoms with van der Waals surface area (Å²) in [5, 5.41) is 7.64. The Balaban J connectivity index is 1.77. The molecule has 0 aliphatic carbocycles. The smallest absolute Gasteiger partial charge is 0.254 e. The number of halogens is 2. The van der Waals surface area contributed by atoms with Crippen LogP contribution in [0.4, 0.5) is 5.82 Å². The number of likely N-dealkylation sites (tertiary alicyclic amines) is 1. The monoisotopic (exact) mass is 366 g/mol. The van der Waals surface area contributed by atoms with Gasteiger partial charge in [-0.05, 0) is 31.0 Å². The third kappa shape index (κ3) is 3.55. The maximum Gasteiger partial charge on any atom is 0.254 e. The number of amides is 2. The highest BCUT2D eigenvalue weighted by Gasteiger charge is 2.35. The van der Waals surface area contributed by atoms with Crippen LogP contribution >= 0.6 is 23.2 Å². The summed E-state index contributed by atoms with van der Waals surface area (Å²) in [5.41, 5.74) is 0.380. The van der Waals surface area contributed by atoms with Gasteiger partial charge in [0.1, 0.15) is 6.04 Å². The number of nitrogens with zero attached hydrogens (tertiary/aromatic N) is 3. The number of hydrogen-bond acceptors (Lipinski definition) is 3. The molecule has 0 saturated carbocycles. The molecule has 1 aliphatic rings. The second-order valence-electron chi connectivity index (χ2n) is 5.68. The lowest BCUT2D eigenvalue weighted by atomic mass is 10.1. The fourth-order valence-electron chi connectivity index (χ4n) is 2.82. The fourth-order valence-corrected chi connectivity index (χ4v) is 3.34. The van der Waals surface area contributed by atoms with E-state index in [9.17, 15) is 9.59 Å². The molecule has 1 aliphatic heterocycles. The zero-order valence-corrected chi connectivity index (χ0v) is 14.5. The second-order valence-corrected chi connectivity index (χ2v) is 6.55. The van der Waals surface area contributed by atoms with Crippen molar-refractivity contribution >= 4 is 40.8 Å². The average Bonchev–Trinajstić information content (AvgIpc) is 3.14. The van der Waals surface area contributed by atoms with E-state index in [2.05, 4.69) is 10.4 Å². The van der Waals surface area contributed by atoms with Crippen molar-refractivity contribution in [3.8, 4) is 0 Å². The Kier molecular flexibility index (Phi) is 4.78. The van der Waals surface area contributed by atoms with Crippen LogP contribution < -0.4 is 5.32 Å². The Labute approximate surface area is 149 Å². The SMILES string of the molecule is Cn1ccc(NC(=O)[C@H]2CCCN2C(=O)c2cc(Cl)cc(Cl)c2)n1. The molecule has 126 valence electrons. The molecule has 0 radical (unpaired) electrons. The lowest BCUT2D eigenvalue weighted by Gasteiger charge is -2.23. The van der Waals surface area contributed by atoms with Crippen molar-refractivity contribution in [2.45, 2.75) is 18.9 Å². The van der Waals surface area contributed by atoms with E-state index >= 15 is 0 Å². The largest absolute Gasteiger partial charge is 0.327 e. The number of carbonyl (C=O) groups excluding carboxylic acids is 2. The predicted octanol–water partition coefficient (Wildman–Crippen LogP) is 2.97. The highest BCUT2D eigenvalue weighted by molar-refractivity contribution is 6.35. The lowest BCUT2D eigenvalue weighted by Crippen LogP contribution is -2.43. The van der Waals surface area contributed by atoms with Gasteiger partial charge in [-0.3, -0.25) is 14.3 Å². The van der Waals surface area contributed by atoms with Crippen LogP contribution in [0, 0.1) is 0 Å². The van der Waals surface area contributed by atoms with Crippen LogP contribution in [0.3, 0.4) is 0 Å². The minimum Gasteiger partial charge on any atom is -0.327 e. The quantitative estimate of drug-likeness (QED) is 0.907. The van der Waals surface area contributed by atoms with Crippen LogP contribution in [0.15, 0.2) is 30.5 Å². The van der Waals surface area contributed by atoms with Gasteiger partial charge in [0.25, 0.3) is 5.91 Å². The number of aryl methyl sites for hydroxylation is 1. The zero-order chi connectivity index (χ0) is 17.3. The number of carbonyl (C=O) groups is 2. The molecule has 1 aromatic carbocycles. The summed E-state index contributed by atoms with van der Waals surface area (Å²) in [6.07, 6.45) is 3.11. The van der Waals surface area contributed by atoms with E-state index in [0.29, 0.717) is 34.4 Å². The molecular weight excluding hydrogens is 351 g/mol. The van der Waals surface area contributed by atoms with E-state index in [4.69, 9.17) is 23.2 Å². The molecule has 2 aromatic rings. The summed E-state index contributed by atoms with van der Waals surface area (Å²) >= 11 is 11.9. The molecule has 8 heteroatoms. The van der Waals surface area contributed by atoms with Crippen molar-refractivity contribution in [1.82, 2.24) is 14.7 Å². The van der Waals surface area contributed by atoms with Gasteiger partial charge in [-0.2, -0.15) is 5.10 Å². The minimum atomic E-state index is -0.530. The Morgan fingerprint density at radius 2 is 1.96 bits per heavy atom. The first kappa shape index (κ1) is 16.8. The number of nitrogens with one attached hydrogen (secondary N) is 1. The van der Waals surface area contributed by atoms with Crippen molar-refractivity contribution in [2.75, 3.05) is 11.9 Å². The Hall–Kier alpha value is -2.05. The first-order valence-corrected chi connectivity index (χ1v) is 8.27. The average molecular weight is 367 g/mol.